The Morgan fingerprint density at radius 3 is 2.51 bits per heavy atom. The topological polar surface area (TPSA) is 106 Å². The molecule has 2 aromatic heterocycles. The largest absolute Gasteiger partial charge is 0.490 e. The van der Waals surface area contributed by atoms with Gasteiger partial charge in [-0.3, -0.25) is 14.9 Å². The fourth-order valence-corrected chi connectivity index (χ4v) is 3.89. The molecule has 7 heteroatoms. The van der Waals surface area contributed by atoms with Crippen molar-refractivity contribution < 1.29 is 9.53 Å². The van der Waals surface area contributed by atoms with Gasteiger partial charge in [-0.1, -0.05) is 54.6 Å². The van der Waals surface area contributed by atoms with Gasteiger partial charge in [0.05, 0.1) is 11.7 Å². The molecule has 174 valence electrons. The molecule has 0 aliphatic carbocycles. The number of amides is 1. The van der Waals surface area contributed by atoms with Crippen molar-refractivity contribution >= 4 is 22.6 Å². The summed E-state index contributed by atoms with van der Waals surface area (Å²) in [6.07, 6.45) is 4.20. The number of fused-ring (bicyclic) bond motifs is 1. The molecule has 0 saturated carbocycles. The highest BCUT2D eigenvalue weighted by Gasteiger charge is 2.13. The quantitative estimate of drug-likeness (QED) is 0.306. The number of rotatable bonds is 8. The molecule has 5 rings (SSSR count). The molecular weight excluding hydrogens is 438 g/mol. The lowest BCUT2D eigenvalue weighted by molar-refractivity contribution is 0.102. The van der Waals surface area contributed by atoms with Crippen LogP contribution in [0.3, 0.4) is 0 Å². The van der Waals surface area contributed by atoms with E-state index in [9.17, 15) is 4.79 Å². The number of pyridine rings is 1. The Kier molecular flexibility index (Phi) is 6.50. The van der Waals surface area contributed by atoms with Crippen LogP contribution in [0, 0.1) is 0 Å². The fraction of sp³-hybridized carbons (Fsp3) is 0.107. The molecule has 0 radical (unpaired) electrons. The van der Waals surface area contributed by atoms with Gasteiger partial charge in [0.15, 0.2) is 5.82 Å². The lowest BCUT2D eigenvalue weighted by Crippen LogP contribution is -2.30. The van der Waals surface area contributed by atoms with Crippen LogP contribution in [0.4, 0.5) is 5.82 Å². The van der Waals surface area contributed by atoms with E-state index in [0.29, 0.717) is 23.7 Å². The maximum Gasteiger partial charge on any atom is 0.256 e. The number of nitrogens with one attached hydrogen (secondary N) is 2. The molecule has 4 N–H and O–H groups in total. The van der Waals surface area contributed by atoms with Crippen LogP contribution in [0.1, 0.15) is 15.9 Å². The minimum atomic E-state index is -0.215. The molecule has 0 aliphatic rings. The molecule has 1 amide bonds. The third kappa shape index (κ3) is 5.37. The summed E-state index contributed by atoms with van der Waals surface area (Å²) in [5.41, 5.74) is 10.7. The molecule has 35 heavy (non-hydrogen) atoms. The molecule has 3 aromatic carbocycles. The lowest BCUT2D eigenvalue weighted by Gasteiger charge is -2.14. The number of hydrogen-bond acceptors (Lipinski definition) is 5. The van der Waals surface area contributed by atoms with Gasteiger partial charge in [0.1, 0.15) is 12.4 Å². The standard InChI is InChI=1S/C28H25N5O2/c29-23(13-19-7-3-1-4-8-19)18-35-24-14-22(16-30-17-24)21-11-12-26-25(15-21)27(33-32-26)31-28(34)20-9-5-2-6-10-20/h1-12,14-17,23H,13,18,29H2,(H2,31,32,33,34)/t23-/m1/s1. The summed E-state index contributed by atoms with van der Waals surface area (Å²) in [6.45, 7) is 0.385. The monoisotopic (exact) mass is 463 g/mol. The minimum absolute atomic E-state index is 0.126. The van der Waals surface area contributed by atoms with Crippen LogP contribution in [-0.2, 0) is 6.42 Å². The Labute approximate surface area is 203 Å². The van der Waals surface area contributed by atoms with Gasteiger partial charge in [-0.25, -0.2) is 0 Å². The first-order valence-electron chi connectivity index (χ1n) is 11.4. The summed E-state index contributed by atoms with van der Waals surface area (Å²) in [4.78, 5) is 16.9. The van der Waals surface area contributed by atoms with E-state index in [-0.39, 0.29) is 11.9 Å². The van der Waals surface area contributed by atoms with Crippen LogP contribution < -0.4 is 15.8 Å². The minimum Gasteiger partial charge on any atom is -0.490 e. The van der Waals surface area contributed by atoms with Crippen molar-refractivity contribution in [1.82, 2.24) is 15.2 Å². The van der Waals surface area contributed by atoms with Crippen LogP contribution in [0.25, 0.3) is 22.0 Å². The summed E-state index contributed by atoms with van der Waals surface area (Å²) in [5, 5.41) is 11.0. The molecule has 0 spiro atoms. The van der Waals surface area contributed by atoms with Crippen LogP contribution in [0.15, 0.2) is 97.3 Å². The SMILES string of the molecule is N[C@@H](COc1cncc(-c2ccc3[nH]nc(NC(=O)c4ccccc4)c3c2)c1)Cc1ccccc1. The summed E-state index contributed by atoms with van der Waals surface area (Å²) in [7, 11) is 0. The zero-order chi connectivity index (χ0) is 24.0. The van der Waals surface area contributed by atoms with Gasteiger partial charge < -0.3 is 15.8 Å². The Bertz CT molecular complexity index is 1430. The van der Waals surface area contributed by atoms with Gasteiger partial charge in [-0.05, 0) is 47.9 Å². The van der Waals surface area contributed by atoms with E-state index in [1.807, 2.05) is 60.7 Å². The first-order chi connectivity index (χ1) is 17.2. The average Bonchev–Trinajstić information content (AvgIpc) is 3.30. The highest BCUT2D eigenvalue weighted by atomic mass is 16.5. The molecular formula is C28H25N5O2. The normalized spacial score (nSPS) is 11.8. The van der Waals surface area contributed by atoms with Crippen molar-refractivity contribution in [2.45, 2.75) is 12.5 Å². The van der Waals surface area contributed by atoms with Crippen LogP contribution in [0.2, 0.25) is 0 Å². The zero-order valence-corrected chi connectivity index (χ0v) is 19.0. The van der Waals surface area contributed by atoms with E-state index in [0.717, 1.165) is 28.5 Å². The van der Waals surface area contributed by atoms with Gasteiger partial charge in [-0.15, -0.1) is 0 Å². The Morgan fingerprint density at radius 1 is 0.943 bits per heavy atom. The van der Waals surface area contributed by atoms with Gasteiger partial charge in [0.25, 0.3) is 5.91 Å². The molecule has 1 atom stereocenters. The van der Waals surface area contributed by atoms with E-state index in [1.54, 1.807) is 24.5 Å². The van der Waals surface area contributed by atoms with Gasteiger partial charge in [0, 0.05) is 28.8 Å². The maximum atomic E-state index is 12.6. The number of nitrogens with two attached hydrogens (primary N) is 1. The summed E-state index contributed by atoms with van der Waals surface area (Å²) in [5.74, 6) is 0.909. The predicted molar refractivity (Wildman–Crippen MR) is 137 cm³/mol. The van der Waals surface area contributed by atoms with E-state index < -0.39 is 0 Å². The third-order valence-electron chi connectivity index (χ3n) is 5.68. The first kappa shape index (κ1) is 22.3. The molecule has 0 bridgehead atoms. The number of carbonyl (C=O) groups excluding carboxylic acids is 1. The molecule has 0 unspecified atom stereocenters. The second-order valence-corrected chi connectivity index (χ2v) is 8.32. The number of benzene rings is 3. The molecule has 0 aliphatic heterocycles. The van der Waals surface area contributed by atoms with Crippen molar-refractivity contribution in [3.63, 3.8) is 0 Å². The van der Waals surface area contributed by atoms with Crippen molar-refractivity contribution in [2.75, 3.05) is 11.9 Å². The Balaban J connectivity index is 1.30. The lowest BCUT2D eigenvalue weighted by atomic mass is 10.1. The summed E-state index contributed by atoms with van der Waals surface area (Å²) in [6, 6.07) is 26.9. The van der Waals surface area contributed by atoms with Gasteiger partial charge >= 0.3 is 0 Å². The van der Waals surface area contributed by atoms with E-state index in [1.165, 1.54) is 5.56 Å². The summed E-state index contributed by atoms with van der Waals surface area (Å²) < 4.78 is 5.94. The predicted octanol–water partition coefficient (Wildman–Crippen LogP) is 4.83. The number of aromatic nitrogens is 3. The molecule has 5 aromatic rings. The van der Waals surface area contributed by atoms with Crippen LogP contribution in [-0.4, -0.2) is 33.7 Å². The molecule has 7 nitrogen and oxygen atoms in total. The number of H-pyrrole nitrogens is 1. The fourth-order valence-electron chi connectivity index (χ4n) is 3.89. The van der Waals surface area contributed by atoms with Crippen LogP contribution >= 0.6 is 0 Å². The Morgan fingerprint density at radius 2 is 1.71 bits per heavy atom. The number of anilines is 1. The van der Waals surface area contributed by atoms with E-state index in [4.69, 9.17) is 10.5 Å². The maximum absolute atomic E-state index is 12.6. The van der Waals surface area contributed by atoms with Crippen LogP contribution in [0.5, 0.6) is 5.75 Å². The third-order valence-corrected chi connectivity index (χ3v) is 5.68. The number of carbonyl (C=O) groups is 1. The number of hydrogen-bond donors (Lipinski definition) is 3. The van der Waals surface area contributed by atoms with Crippen molar-refractivity contribution in [1.29, 1.82) is 0 Å². The van der Waals surface area contributed by atoms with Crippen molar-refractivity contribution in [2.24, 2.45) is 5.73 Å². The van der Waals surface area contributed by atoms with Crippen molar-refractivity contribution in [3.05, 3.63) is 108 Å². The summed E-state index contributed by atoms with van der Waals surface area (Å²) >= 11 is 0. The zero-order valence-electron chi connectivity index (χ0n) is 19.0. The smallest absolute Gasteiger partial charge is 0.256 e. The van der Waals surface area contributed by atoms with E-state index in [2.05, 4.69) is 32.6 Å². The van der Waals surface area contributed by atoms with Crippen molar-refractivity contribution in [3.8, 4) is 16.9 Å². The van der Waals surface area contributed by atoms with Gasteiger partial charge in [-0.2, -0.15) is 5.10 Å². The first-order valence-corrected chi connectivity index (χ1v) is 11.4. The molecule has 0 fully saturated rings. The highest BCUT2D eigenvalue weighted by molar-refractivity contribution is 6.08. The number of nitrogens with zero attached hydrogens (tertiary/aromatic N) is 2. The molecule has 0 saturated heterocycles. The highest BCUT2D eigenvalue weighted by Crippen LogP contribution is 2.29. The Hall–Kier alpha value is -4.49. The molecule has 2 heterocycles. The second-order valence-electron chi connectivity index (χ2n) is 8.32. The van der Waals surface area contributed by atoms with E-state index >= 15 is 0 Å². The van der Waals surface area contributed by atoms with Gasteiger partial charge in [0.2, 0.25) is 0 Å². The number of ether oxygens (including phenoxy) is 1. The number of aromatic amines is 1. The second kappa shape index (κ2) is 10.2. The average molecular weight is 464 g/mol.